The summed E-state index contributed by atoms with van der Waals surface area (Å²) in [6.45, 7) is 8.22. The van der Waals surface area contributed by atoms with Crippen LogP contribution in [0.3, 0.4) is 0 Å². The molecule has 0 amide bonds. The Kier molecular flexibility index (Phi) is 4.31. The molecule has 5 heteroatoms. The molecule has 1 saturated heterocycles. The van der Waals surface area contributed by atoms with E-state index in [1.807, 2.05) is 40.8 Å². The molecule has 176 valence electrons. The van der Waals surface area contributed by atoms with E-state index in [0.717, 1.165) is 49.2 Å². The van der Waals surface area contributed by atoms with Gasteiger partial charge in [-0.1, -0.05) is 60.7 Å². The standard InChI is InChI=1S/C31H26BNO3/c1-30(2)31(3,4)36-32(35-30)21-14-15-23-24(18-21)26-17-20(19-10-6-5-7-11-19)16-25-22-12-8-9-13-27(22)33(28(25)26)29(23)34/h5-18H,1-4H3. The minimum atomic E-state index is -0.490. The van der Waals surface area contributed by atoms with Crippen molar-refractivity contribution in [2.24, 2.45) is 0 Å². The molecule has 0 bridgehead atoms. The number of pyridine rings is 1. The first kappa shape index (κ1) is 21.6. The van der Waals surface area contributed by atoms with Crippen LogP contribution in [0, 0.1) is 0 Å². The van der Waals surface area contributed by atoms with Crippen molar-refractivity contribution in [3.05, 3.63) is 95.3 Å². The van der Waals surface area contributed by atoms with Crippen molar-refractivity contribution in [3.8, 4) is 11.1 Å². The van der Waals surface area contributed by atoms with Crippen molar-refractivity contribution in [1.29, 1.82) is 0 Å². The van der Waals surface area contributed by atoms with Gasteiger partial charge in [-0.3, -0.25) is 9.20 Å². The Morgan fingerprint density at radius 2 is 1.28 bits per heavy atom. The first-order valence-electron chi connectivity index (χ1n) is 12.4. The fraction of sp³-hybridized carbons (Fsp3) is 0.194. The summed E-state index contributed by atoms with van der Waals surface area (Å²) in [6.07, 6.45) is 0. The second kappa shape index (κ2) is 7.19. The van der Waals surface area contributed by atoms with Crippen LogP contribution in [0.15, 0.2) is 89.7 Å². The third-order valence-electron chi connectivity index (χ3n) is 8.17. The van der Waals surface area contributed by atoms with E-state index in [4.69, 9.17) is 9.31 Å². The summed E-state index contributed by atoms with van der Waals surface area (Å²) < 4.78 is 14.6. The van der Waals surface area contributed by atoms with Crippen LogP contribution in [0.5, 0.6) is 0 Å². The highest BCUT2D eigenvalue weighted by Gasteiger charge is 2.51. The molecule has 36 heavy (non-hydrogen) atoms. The molecule has 1 aliphatic heterocycles. The predicted molar refractivity (Wildman–Crippen MR) is 149 cm³/mol. The zero-order chi connectivity index (χ0) is 24.8. The molecule has 3 heterocycles. The van der Waals surface area contributed by atoms with Crippen LogP contribution in [0.2, 0.25) is 0 Å². The van der Waals surface area contributed by atoms with E-state index in [1.54, 1.807) is 0 Å². The molecule has 0 radical (unpaired) electrons. The number of aromatic nitrogens is 1. The van der Waals surface area contributed by atoms with Crippen LogP contribution in [0.25, 0.3) is 49.1 Å². The molecule has 1 aliphatic rings. The molecule has 0 N–H and O–H groups in total. The van der Waals surface area contributed by atoms with Crippen LogP contribution in [0.1, 0.15) is 27.7 Å². The monoisotopic (exact) mass is 471 g/mol. The van der Waals surface area contributed by atoms with Gasteiger partial charge in [0.2, 0.25) is 0 Å². The van der Waals surface area contributed by atoms with E-state index in [0.29, 0.717) is 5.39 Å². The topological polar surface area (TPSA) is 39.9 Å². The van der Waals surface area contributed by atoms with Gasteiger partial charge in [0.1, 0.15) is 0 Å². The average molecular weight is 471 g/mol. The van der Waals surface area contributed by atoms with Gasteiger partial charge in [0.15, 0.2) is 0 Å². The maximum Gasteiger partial charge on any atom is 0.494 e. The number of fused-ring (bicyclic) bond motifs is 5. The zero-order valence-electron chi connectivity index (χ0n) is 20.8. The Balaban J connectivity index is 1.59. The highest BCUT2D eigenvalue weighted by molar-refractivity contribution is 6.62. The van der Waals surface area contributed by atoms with Crippen LogP contribution in [0.4, 0.5) is 0 Å². The summed E-state index contributed by atoms with van der Waals surface area (Å²) in [6, 6.07) is 29.0. The van der Waals surface area contributed by atoms with Gasteiger partial charge in [-0.15, -0.1) is 0 Å². The van der Waals surface area contributed by atoms with Crippen LogP contribution in [-0.4, -0.2) is 22.7 Å². The minimum Gasteiger partial charge on any atom is -0.399 e. The Morgan fingerprint density at radius 3 is 2.00 bits per heavy atom. The number of benzene rings is 4. The lowest BCUT2D eigenvalue weighted by Gasteiger charge is -2.32. The van der Waals surface area contributed by atoms with Gasteiger partial charge < -0.3 is 9.31 Å². The number of rotatable bonds is 2. The molecule has 0 spiro atoms. The Morgan fingerprint density at radius 1 is 0.639 bits per heavy atom. The molecule has 0 atom stereocenters. The van der Waals surface area contributed by atoms with E-state index >= 15 is 0 Å². The van der Waals surface area contributed by atoms with Crippen molar-refractivity contribution >= 4 is 50.5 Å². The van der Waals surface area contributed by atoms with Gasteiger partial charge in [-0.05, 0) is 73.9 Å². The third-order valence-corrected chi connectivity index (χ3v) is 8.17. The molecule has 6 aromatic rings. The quantitative estimate of drug-likeness (QED) is 0.224. The molecule has 4 aromatic carbocycles. The molecule has 4 nitrogen and oxygen atoms in total. The lowest BCUT2D eigenvalue weighted by atomic mass is 9.78. The minimum absolute atomic E-state index is 0.00312. The average Bonchev–Trinajstić information content (AvgIpc) is 3.32. The van der Waals surface area contributed by atoms with Crippen LogP contribution in [-0.2, 0) is 9.31 Å². The highest BCUT2D eigenvalue weighted by atomic mass is 16.7. The summed E-state index contributed by atoms with van der Waals surface area (Å²) in [7, 11) is -0.490. The van der Waals surface area contributed by atoms with Crippen molar-refractivity contribution < 1.29 is 9.31 Å². The van der Waals surface area contributed by atoms with Crippen LogP contribution >= 0.6 is 0 Å². The van der Waals surface area contributed by atoms with Gasteiger partial charge in [0, 0.05) is 21.5 Å². The molecule has 2 aromatic heterocycles. The fourth-order valence-electron chi connectivity index (χ4n) is 5.53. The summed E-state index contributed by atoms with van der Waals surface area (Å²) in [5, 5.41) is 4.83. The summed E-state index contributed by atoms with van der Waals surface area (Å²) in [4.78, 5) is 13.9. The van der Waals surface area contributed by atoms with Gasteiger partial charge >= 0.3 is 7.12 Å². The molecular weight excluding hydrogens is 445 g/mol. The van der Waals surface area contributed by atoms with Gasteiger partial charge in [-0.25, -0.2) is 0 Å². The van der Waals surface area contributed by atoms with Crippen LogP contribution < -0.4 is 11.0 Å². The zero-order valence-corrected chi connectivity index (χ0v) is 20.8. The van der Waals surface area contributed by atoms with Crippen molar-refractivity contribution in [1.82, 2.24) is 4.40 Å². The number of nitrogens with zero attached hydrogens (tertiary/aromatic N) is 1. The third kappa shape index (κ3) is 2.87. The highest BCUT2D eigenvalue weighted by Crippen LogP contribution is 2.39. The summed E-state index contributed by atoms with van der Waals surface area (Å²) in [5.41, 5.74) is 4.21. The summed E-state index contributed by atoms with van der Waals surface area (Å²) in [5.74, 6) is 0. The van der Waals surface area contributed by atoms with Crippen molar-refractivity contribution in [3.63, 3.8) is 0 Å². The van der Waals surface area contributed by atoms with E-state index in [-0.39, 0.29) is 5.56 Å². The normalized spacial score (nSPS) is 17.2. The van der Waals surface area contributed by atoms with E-state index in [1.165, 1.54) is 0 Å². The van der Waals surface area contributed by atoms with Gasteiger partial charge in [-0.2, -0.15) is 0 Å². The van der Waals surface area contributed by atoms with E-state index in [9.17, 15) is 4.79 Å². The van der Waals surface area contributed by atoms with Crippen molar-refractivity contribution in [2.45, 2.75) is 38.9 Å². The number of para-hydroxylation sites is 1. The van der Waals surface area contributed by atoms with Crippen molar-refractivity contribution in [2.75, 3.05) is 0 Å². The molecule has 0 aliphatic carbocycles. The molecule has 0 unspecified atom stereocenters. The maximum atomic E-state index is 13.9. The lowest BCUT2D eigenvalue weighted by Crippen LogP contribution is -2.41. The predicted octanol–water partition coefficient (Wildman–Crippen LogP) is 6.16. The van der Waals surface area contributed by atoms with Gasteiger partial charge in [0.05, 0.1) is 22.2 Å². The first-order valence-corrected chi connectivity index (χ1v) is 12.4. The Bertz CT molecular complexity index is 1850. The van der Waals surface area contributed by atoms with E-state index in [2.05, 4.69) is 76.2 Å². The first-order chi connectivity index (χ1) is 17.2. The number of hydrogen-bond acceptors (Lipinski definition) is 3. The SMILES string of the molecule is CC1(C)OB(c2ccc3c(=O)n4c5ccccc5c5cc(-c6ccccc6)cc(c3c2)c54)OC1(C)C. The largest absolute Gasteiger partial charge is 0.494 e. The van der Waals surface area contributed by atoms with E-state index < -0.39 is 18.3 Å². The smallest absolute Gasteiger partial charge is 0.399 e. The molecule has 7 rings (SSSR count). The maximum absolute atomic E-state index is 13.9. The summed E-state index contributed by atoms with van der Waals surface area (Å²) >= 11 is 0. The number of hydrogen-bond donors (Lipinski definition) is 0. The lowest BCUT2D eigenvalue weighted by molar-refractivity contribution is 0.00578. The molecule has 1 fully saturated rings. The fourth-order valence-corrected chi connectivity index (χ4v) is 5.53. The molecule has 0 saturated carbocycles. The second-order valence-electron chi connectivity index (χ2n) is 10.8. The Labute approximate surface area is 209 Å². The van der Waals surface area contributed by atoms with Gasteiger partial charge in [0.25, 0.3) is 5.56 Å². The second-order valence-corrected chi connectivity index (χ2v) is 10.8. The molecular formula is C31H26BNO3. The Hall–Kier alpha value is -3.67.